The van der Waals surface area contributed by atoms with E-state index in [0.29, 0.717) is 11.3 Å². The van der Waals surface area contributed by atoms with Gasteiger partial charge in [-0.15, -0.1) is 0 Å². The largest absolute Gasteiger partial charge is 0.465 e. The lowest BCUT2D eigenvalue weighted by Gasteiger charge is -2.38. The molecule has 1 N–H and O–H groups in total. The van der Waals surface area contributed by atoms with E-state index in [1.807, 2.05) is 0 Å². The second-order valence-electron chi connectivity index (χ2n) is 7.70. The van der Waals surface area contributed by atoms with Gasteiger partial charge in [-0.1, -0.05) is 24.3 Å². The Kier molecular flexibility index (Phi) is 7.41. The number of benzene rings is 1. The normalized spacial score (nSPS) is 17.8. The molecule has 12 heteroatoms. The van der Waals surface area contributed by atoms with Crippen LogP contribution in [0.2, 0.25) is 0 Å². The number of amides is 1. The number of carbonyl (C=O) groups excluding carboxylic acids is 1. The predicted molar refractivity (Wildman–Crippen MR) is 118 cm³/mol. The Bertz CT molecular complexity index is 1180. The van der Waals surface area contributed by atoms with Crippen molar-refractivity contribution in [2.75, 3.05) is 25.4 Å². The average molecular weight is 497 g/mol. The van der Waals surface area contributed by atoms with Crippen molar-refractivity contribution in [3.05, 3.63) is 71.1 Å². The summed E-state index contributed by atoms with van der Waals surface area (Å²) in [4.78, 5) is 29.5. The number of alkyl halides is 3. The number of halogens is 3. The standard InChI is InChI=1S/C22H22F3N3O5S/c1-15-4-7-17(13-26-15)20(29)19-14-27(10-11-28(19)21(30)31)34(32,33)12-2-3-16-5-8-18(9-6-16)22(23,24)25/h2-9,13,19H,10-12,14H2,1H3,(H,30,31). The van der Waals surface area contributed by atoms with Gasteiger partial charge < -0.3 is 5.11 Å². The Balaban J connectivity index is 1.72. The monoisotopic (exact) mass is 497 g/mol. The zero-order valence-electron chi connectivity index (χ0n) is 18.1. The number of aryl methyl sites for hydroxylation is 1. The molecule has 1 atom stereocenters. The van der Waals surface area contributed by atoms with E-state index in [2.05, 4.69) is 4.98 Å². The number of carboxylic acid groups (broad SMARTS) is 1. The molecule has 1 amide bonds. The average Bonchev–Trinajstić information content (AvgIpc) is 2.78. The number of aromatic nitrogens is 1. The smallest absolute Gasteiger partial charge is 0.416 e. The number of piperazine rings is 1. The first-order valence-electron chi connectivity index (χ1n) is 10.2. The topological polar surface area (TPSA) is 108 Å². The summed E-state index contributed by atoms with van der Waals surface area (Å²) >= 11 is 0. The van der Waals surface area contributed by atoms with E-state index in [9.17, 15) is 36.3 Å². The molecule has 2 aromatic rings. The van der Waals surface area contributed by atoms with Crippen LogP contribution in [0, 0.1) is 6.92 Å². The van der Waals surface area contributed by atoms with Crippen LogP contribution in [0.5, 0.6) is 0 Å². The minimum Gasteiger partial charge on any atom is -0.465 e. The number of sulfonamides is 1. The number of hydrogen-bond acceptors (Lipinski definition) is 5. The van der Waals surface area contributed by atoms with Crippen LogP contribution < -0.4 is 0 Å². The number of Topliss-reactive ketones (excluding diaryl/α,β-unsaturated/α-hetero) is 1. The van der Waals surface area contributed by atoms with Gasteiger partial charge in [-0.2, -0.15) is 17.5 Å². The van der Waals surface area contributed by atoms with Crippen molar-refractivity contribution in [3.63, 3.8) is 0 Å². The first kappa shape index (κ1) is 25.4. The van der Waals surface area contributed by atoms with E-state index in [4.69, 9.17) is 0 Å². The van der Waals surface area contributed by atoms with Crippen LogP contribution in [0.25, 0.3) is 6.08 Å². The molecule has 0 saturated carbocycles. The summed E-state index contributed by atoms with van der Waals surface area (Å²) in [6, 6.07) is 6.12. The fourth-order valence-corrected chi connectivity index (χ4v) is 4.74. The van der Waals surface area contributed by atoms with Crippen molar-refractivity contribution in [3.8, 4) is 0 Å². The molecule has 2 heterocycles. The van der Waals surface area contributed by atoms with Crippen molar-refractivity contribution in [2.24, 2.45) is 0 Å². The summed E-state index contributed by atoms with van der Waals surface area (Å²) in [5.41, 5.74) is 0.412. The van der Waals surface area contributed by atoms with Gasteiger partial charge in [0, 0.05) is 37.1 Å². The van der Waals surface area contributed by atoms with Crippen LogP contribution in [0.4, 0.5) is 18.0 Å². The summed E-state index contributed by atoms with van der Waals surface area (Å²) in [7, 11) is -3.91. The van der Waals surface area contributed by atoms with Crippen LogP contribution in [0.1, 0.15) is 27.2 Å². The van der Waals surface area contributed by atoms with E-state index < -0.39 is 45.4 Å². The molecular weight excluding hydrogens is 475 g/mol. The maximum Gasteiger partial charge on any atom is 0.416 e. The van der Waals surface area contributed by atoms with E-state index in [-0.39, 0.29) is 25.2 Å². The quantitative estimate of drug-likeness (QED) is 0.614. The summed E-state index contributed by atoms with van der Waals surface area (Å²) in [5.74, 6) is -1.02. The van der Waals surface area contributed by atoms with Crippen LogP contribution >= 0.6 is 0 Å². The lowest BCUT2D eigenvalue weighted by Crippen LogP contribution is -2.59. The molecule has 1 saturated heterocycles. The second-order valence-corrected chi connectivity index (χ2v) is 9.72. The van der Waals surface area contributed by atoms with Crippen LogP contribution in [0.15, 0.2) is 48.7 Å². The molecule has 0 aliphatic carbocycles. The Morgan fingerprint density at radius 2 is 1.82 bits per heavy atom. The number of pyridine rings is 1. The van der Waals surface area contributed by atoms with Crippen molar-refractivity contribution in [2.45, 2.75) is 19.1 Å². The van der Waals surface area contributed by atoms with E-state index in [1.54, 1.807) is 13.0 Å². The first-order valence-corrected chi connectivity index (χ1v) is 11.8. The second kappa shape index (κ2) is 9.94. The highest BCUT2D eigenvalue weighted by molar-refractivity contribution is 7.89. The molecule has 0 radical (unpaired) electrons. The molecule has 34 heavy (non-hydrogen) atoms. The molecule has 1 aliphatic heterocycles. The molecule has 182 valence electrons. The summed E-state index contributed by atoms with van der Waals surface area (Å²) in [6.45, 7) is 1.06. The molecule has 1 aromatic carbocycles. The zero-order chi connectivity index (χ0) is 25.1. The van der Waals surface area contributed by atoms with Gasteiger partial charge in [0.05, 0.1) is 11.3 Å². The predicted octanol–water partition coefficient (Wildman–Crippen LogP) is 3.30. The maximum absolute atomic E-state index is 12.9. The molecule has 3 rings (SSSR count). The molecule has 1 aliphatic rings. The van der Waals surface area contributed by atoms with Gasteiger partial charge in [-0.3, -0.25) is 14.7 Å². The van der Waals surface area contributed by atoms with Gasteiger partial charge in [0.25, 0.3) is 0 Å². The van der Waals surface area contributed by atoms with Crippen LogP contribution in [0.3, 0.4) is 0 Å². The third-order valence-electron chi connectivity index (χ3n) is 5.34. The Morgan fingerprint density at radius 3 is 2.38 bits per heavy atom. The number of nitrogens with zero attached hydrogens (tertiary/aromatic N) is 3. The first-order chi connectivity index (χ1) is 15.9. The van der Waals surface area contributed by atoms with Gasteiger partial charge >= 0.3 is 12.3 Å². The third-order valence-corrected chi connectivity index (χ3v) is 7.07. The van der Waals surface area contributed by atoms with E-state index in [1.165, 1.54) is 36.5 Å². The van der Waals surface area contributed by atoms with Crippen LogP contribution in [-0.4, -0.2) is 71.0 Å². The number of carbonyl (C=O) groups is 2. The molecule has 1 fully saturated rings. The van der Waals surface area contributed by atoms with E-state index >= 15 is 0 Å². The molecule has 1 unspecified atom stereocenters. The molecule has 1 aromatic heterocycles. The maximum atomic E-state index is 12.9. The Morgan fingerprint density at radius 1 is 1.15 bits per heavy atom. The van der Waals surface area contributed by atoms with Gasteiger partial charge in [0.15, 0.2) is 5.78 Å². The summed E-state index contributed by atoms with van der Waals surface area (Å²) < 4.78 is 64.7. The highest BCUT2D eigenvalue weighted by Gasteiger charge is 2.39. The van der Waals surface area contributed by atoms with Gasteiger partial charge in [-0.25, -0.2) is 13.2 Å². The lowest BCUT2D eigenvalue weighted by molar-refractivity contribution is -0.137. The highest BCUT2D eigenvalue weighted by Crippen LogP contribution is 2.29. The molecule has 8 nitrogen and oxygen atoms in total. The van der Waals surface area contributed by atoms with Gasteiger partial charge in [-0.05, 0) is 36.8 Å². The number of ketones is 1. The van der Waals surface area contributed by atoms with Crippen LogP contribution in [-0.2, 0) is 16.2 Å². The van der Waals surface area contributed by atoms with Gasteiger partial charge in [0.2, 0.25) is 10.0 Å². The minimum absolute atomic E-state index is 0.126. The number of rotatable bonds is 6. The highest BCUT2D eigenvalue weighted by atomic mass is 32.2. The third kappa shape index (κ3) is 6.00. The summed E-state index contributed by atoms with van der Waals surface area (Å²) in [5, 5.41) is 9.48. The fraction of sp³-hybridized carbons (Fsp3) is 0.318. The summed E-state index contributed by atoms with van der Waals surface area (Å²) in [6.07, 6.45) is -1.81. The van der Waals surface area contributed by atoms with E-state index in [0.717, 1.165) is 21.3 Å². The molecule has 0 bridgehead atoms. The Labute approximate surface area is 194 Å². The van der Waals surface area contributed by atoms with Crippen molar-refractivity contribution in [1.82, 2.24) is 14.2 Å². The SMILES string of the molecule is Cc1ccc(C(=O)C2CN(S(=O)(=O)CC=Cc3ccc(C(F)(F)F)cc3)CCN2C(=O)O)cn1. The lowest BCUT2D eigenvalue weighted by atomic mass is 10.0. The molecular formula is C22H22F3N3O5S. The molecule has 0 spiro atoms. The fourth-order valence-electron chi connectivity index (χ4n) is 3.46. The van der Waals surface area contributed by atoms with Crippen molar-refractivity contribution < 1.29 is 36.3 Å². The van der Waals surface area contributed by atoms with Crippen molar-refractivity contribution in [1.29, 1.82) is 0 Å². The van der Waals surface area contributed by atoms with Gasteiger partial charge in [0.1, 0.15) is 6.04 Å². The number of hydrogen-bond donors (Lipinski definition) is 1. The Hall–Kier alpha value is -3.25. The minimum atomic E-state index is -4.47. The van der Waals surface area contributed by atoms with Crippen molar-refractivity contribution >= 4 is 28.0 Å². The zero-order valence-corrected chi connectivity index (χ0v) is 18.9.